The van der Waals surface area contributed by atoms with Gasteiger partial charge in [0.05, 0.1) is 6.26 Å². The minimum atomic E-state index is -0.258. The van der Waals surface area contributed by atoms with E-state index in [2.05, 4.69) is 26.8 Å². The smallest absolute Gasteiger partial charge is 0.307 e. The lowest BCUT2D eigenvalue weighted by molar-refractivity contribution is -0.135. The van der Waals surface area contributed by atoms with Crippen LogP contribution in [0, 0.1) is 5.92 Å². The standard InChI is InChI=1S/C13H22O2/c1-10(2)7-6-8-11(3)12(4)9-15-13(5)14/h7,9,11H,6,8H2,1-5H3/b12-9+/t11-/m0/s1. The first-order valence-electron chi connectivity index (χ1n) is 5.40. The maximum absolute atomic E-state index is 10.6. The molecule has 15 heavy (non-hydrogen) atoms. The summed E-state index contributed by atoms with van der Waals surface area (Å²) in [4.78, 5) is 10.6. The predicted molar refractivity (Wildman–Crippen MR) is 63.4 cm³/mol. The molecular weight excluding hydrogens is 188 g/mol. The Morgan fingerprint density at radius 2 is 1.87 bits per heavy atom. The van der Waals surface area contributed by atoms with Gasteiger partial charge in [-0.15, -0.1) is 0 Å². The fraction of sp³-hybridized carbons (Fsp3) is 0.615. The summed E-state index contributed by atoms with van der Waals surface area (Å²) < 4.78 is 4.84. The molecule has 0 unspecified atom stereocenters. The van der Waals surface area contributed by atoms with Gasteiger partial charge in [-0.25, -0.2) is 0 Å². The summed E-state index contributed by atoms with van der Waals surface area (Å²) in [6, 6.07) is 0. The Hall–Kier alpha value is -1.05. The maximum atomic E-state index is 10.6. The average molecular weight is 210 g/mol. The zero-order chi connectivity index (χ0) is 11.8. The first-order chi connectivity index (χ1) is 6.93. The van der Waals surface area contributed by atoms with Crippen molar-refractivity contribution in [2.75, 3.05) is 0 Å². The molecular formula is C13H22O2. The van der Waals surface area contributed by atoms with Crippen molar-refractivity contribution in [3.63, 3.8) is 0 Å². The van der Waals surface area contributed by atoms with E-state index in [0.717, 1.165) is 18.4 Å². The van der Waals surface area contributed by atoms with Crippen molar-refractivity contribution in [3.05, 3.63) is 23.5 Å². The van der Waals surface area contributed by atoms with Gasteiger partial charge in [-0.3, -0.25) is 4.79 Å². The Morgan fingerprint density at radius 3 is 2.33 bits per heavy atom. The Morgan fingerprint density at radius 1 is 1.27 bits per heavy atom. The fourth-order valence-electron chi connectivity index (χ4n) is 1.14. The van der Waals surface area contributed by atoms with E-state index in [4.69, 9.17) is 4.74 Å². The van der Waals surface area contributed by atoms with Crippen LogP contribution in [-0.4, -0.2) is 5.97 Å². The van der Waals surface area contributed by atoms with Crippen molar-refractivity contribution in [1.82, 2.24) is 0 Å². The molecule has 0 aliphatic carbocycles. The molecule has 86 valence electrons. The van der Waals surface area contributed by atoms with Crippen LogP contribution in [-0.2, 0) is 9.53 Å². The van der Waals surface area contributed by atoms with Gasteiger partial charge in [-0.2, -0.15) is 0 Å². The van der Waals surface area contributed by atoms with Crippen LogP contribution in [0.2, 0.25) is 0 Å². The van der Waals surface area contributed by atoms with Crippen molar-refractivity contribution in [3.8, 4) is 0 Å². The third-order valence-corrected chi connectivity index (χ3v) is 2.34. The van der Waals surface area contributed by atoms with E-state index < -0.39 is 0 Å². The number of hydrogen-bond acceptors (Lipinski definition) is 2. The van der Waals surface area contributed by atoms with E-state index in [1.165, 1.54) is 12.5 Å². The molecule has 0 saturated heterocycles. The predicted octanol–water partition coefficient (Wildman–Crippen LogP) is 3.84. The molecule has 2 nitrogen and oxygen atoms in total. The molecule has 0 aromatic carbocycles. The molecule has 0 spiro atoms. The number of carbonyl (C=O) groups excluding carboxylic acids is 1. The summed E-state index contributed by atoms with van der Waals surface area (Å²) >= 11 is 0. The van der Waals surface area contributed by atoms with Crippen LogP contribution in [0.3, 0.4) is 0 Å². The van der Waals surface area contributed by atoms with E-state index in [0.29, 0.717) is 5.92 Å². The van der Waals surface area contributed by atoms with Gasteiger partial charge >= 0.3 is 5.97 Å². The molecule has 1 atom stereocenters. The van der Waals surface area contributed by atoms with Gasteiger partial charge in [0.15, 0.2) is 0 Å². The summed E-state index contributed by atoms with van der Waals surface area (Å²) in [5, 5.41) is 0. The van der Waals surface area contributed by atoms with E-state index in [1.807, 2.05) is 6.92 Å². The topological polar surface area (TPSA) is 26.3 Å². The Kier molecular flexibility index (Phi) is 6.76. The van der Waals surface area contributed by atoms with Crippen LogP contribution in [0.4, 0.5) is 0 Å². The number of allylic oxidation sites excluding steroid dienone is 3. The molecule has 0 aromatic heterocycles. The highest BCUT2D eigenvalue weighted by molar-refractivity contribution is 5.66. The molecule has 0 heterocycles. The molecule has 0 bridgehead atoms. The zero-order valence-electron chi connectivity index (χ0n) is 10.5. The van der Waals surface area contributed by atoms with Crippen molar-refractivity contribution in [2.45, 2.75) is 47.5 Å². The quantitative estimate of drug-likeness (QED) is 0.391. The van der Waals surface area contributed by atoms with E-state index in [9.17, 15) is 4.79 Å². The summed E-state index contributed by atoms with van der Waals surface area (Å²) in [6.07, 6.45) is 5.97. The molecule has 0 N–H and O–H groups in total. The van der Waals surface area contributed by atoms with Gasteiger partial charge in [-0.05, 0) is 45.1 Å². The second kappa shape index (κ2) is 7.27. The van der Waals surface area contributed by atoms with Gasteiger partial charge < -0.3 is 4.74 Å². The average Bonchev–Trinajstić information content (AvgIpc) is 2.13. The van der Waals surface area contributed by atoms with E-state index in [-0.39, 0.29) is 5.97 Å². The molecule has 0 amide bonds. The minimum Gasteiger partial charge on any atom is -0.435 e. The number of ether oxygens (including phenoxy) is 1. The summed E-state index contributed by atoms with van der Waals surface area (Å²) in [5.74, 6) is 0.200. The van der Waals surface area contributed by atoms with Gasteiger partial charge in [-0.1, -0.05) is 18.6 Å². The second-order valence-corrected chi connectivity index (χ2v) is 4.23. The lowest BCUT2D eigenvalue weighted by atomic mass is 9.98. The van der Waals surface area contributed by atoms with Gasteiger partial charge in [0.1, 0.15) is 0 Å². The van der Waals surface area contributed by atoms with Crippen molar-refractivity contribution in [1.29, 1.82) is 0 Å². The van der Waals surface area contributed by atoms with Crippen LogP contribution >= 0.6 is 0 Å². The van der Waals surface area contributed by atoms with Gasteiger partial charge in [0.2, 0.25) is 0 Å². The number of esters is 1. The first kappa shape index (κ1) is 13.9. The monoisotopic (exact) mass is 210 g/mol. The summed E-state index contributed by atoms with van der Waals surface area (Å²) in [6.45, 7) is 9.76. The Bertz CT molecular complexity index is 258. The normalized spacial score (nSPS) is 13.3. The number of hydrogen-bond donors (Lipinski definition) is 0. The zero-order valence-corrected chi connectivity index (χ0v) is 10.5. The molecule has 0 saturated carbocycles. The summed E-state index contributed by atoms with van der Waals surface area (Å²) in [5.41, 5.74) is 2.47. The third kappa shape index (κ3) is 7.98. The molecule has 0 rings (SSSR count). The van der Waals surface area contributed by atoms with Crippen LogP contribution < -0.4 is 0 Å². The largest absolute Gasteiger partial charge is 0.435 e. The molecule has 0 radical (unpaired) electrons. The minimum absolute atomic E-state index is 0.258. The van der Waals surface area contributed by atoms with Crippen LogP contribution in [0.1, 0.15) is 47.5 Å². The third-order valence-electron chi connectivity index (χ3n) is 2.34. The molecule has 2 heteroatoms. The lowest BCUT2D eigenvalue weighted by Crippen LogP contribution is -1.99. The fourth-order valence-corrected chi connectivity index (χ4v) is 1.14. The first-order valence-corrected chi connectivity index (χ1v) is 5.40. The second-order valence-electron chi connectivity index (χ2n) is 4.23. The molecule has 0 fully saturated rings. The lowest BCUT2D eigenvalue weighted by Gasteiger charge is -2.10. The highest BCUT2D eigenvalue weighted by Crippen LogP contribution is 2.16. The molecule has 0 aliphatic heterocycles. The van der Waals surface area contributed by atoms with Crippen LogP contribution in [0.5, 0.6) is 0 Å². The van der Waals surface area contributed by atoms with Crippen molar-refractivity contribution < 1.29 is 9.53 Å². The van der Waals surface area contributed by atoms with Crippen molar-refractivity contribution >= 4 is 5.97 Å². The van der Waals surface area contributed by atoms with E-state index in [1.54, 1.807) is 6.26 Å². The SMILES string of the molecule is CC(=O)O/C=C(\C)[C@@H](C)CCC=C(C)C. The van der Waals surface area contributed by atoms with Gasteiger partial charge in [0, 0.05) is 6.92 Å². The number of rotatable bonds is 5. The van der Waals surface area contributed by atoms with Gasteiger partial charge in [0.25, 0.3) is 0 Å². The van der Waals surface area contributed by atoms with Crippen LogP contribution in [0.25, 0.3) is 0 Å². The highest BCUT2D eigenvalue weighted by atomic mass is 16.5. The number of carbonyl (C=O) groups is 1. The van der Waals surface area contributed by atoms with Crippen LogP contribution in [0.15, 0.2) is 23.5 Å². The Balaban J connectivity index is 3.98. The maximum Gasteiger partial charge on any atom is 0.307 e. The van der Waals surface area contributed by atoms with Crippen molar-refractivity contribution in [2.24, 2.45) is 5.92 Å². The summed E-state index contributed by atoms with van der Waals surface area (Å²) in [7, 11) is 0. The van der Waals surface area contributed by atoms with E-state index >= 15 is 0 Å². The molecule has 0 aliphatic rings. The Labute approximate surface area is 93.0 Å². The highest BCUT2D eigenvalue weighted by Gasteiger charge is 2.03. The molecule has 0 aromatic rings.